The number of aromatic hydroxyl groups is 1. The van der Waals surface area contributed by atoms with E-state index >= 15 is 0 Å². The quantitative estimate of drug-likeness (QED) is 0.431. The summed E-state index contributed by atoms with van der Waals surface area (Å²) in [6.07, 6.45) is 8.64. The number of phenols is 1. The van der Waals surface area contributed by atoms with Gasteiger partial charge in [-0.15, -0.1) is 0 Å². The number of anilines is 1. The summed E-state index contributed by atoms with van der Waals surface area (Å²) in [7, 11) is 0. The van der Waals surface area contributed by atoms with Crippen molar-refractivity contribution in [1.82, 2.24) is 0 Å². The summed E-state index contributed by atoms with van der Waals surface area (Å²) < 4.78 is 5.35. The van der Waals surface area contributed by atoms with Gasteiger partial charge in [-0.2, -0.15) is 0 Å². The minimum absolute atomic E-state index is 0.104. The molecule has 4 nitrogen and oxygen atoms in total. The summed E-state index contributed by atoms with van der Waals surface area (Å²) in [5, 5.41) is 13.4. The van der Waals surface area contributed by atoms with Crippen molar-refractivity contribution in [2.45, 2.75) is 57.3 Å². The molecule has 1 aliphatic heterocycles. The minimum atomic E-state index is -0.247. The predicted octanol–water partition coefficient (Wildman–Crippen LogP) is 6.80. The average Bonchev–Trinajstić information content (AvgIpc) is 3.58. The van der Waals surface area contributed by atoms with Crippen molar-refractivity contribution in [2.24, 2.45) is 11.8 Å². The minimum Gasteiger partial charge on any atom is -0.507 e. The van der Waals surface area contributed by atoms with Gasteiger partial charge in [-0.25, -0.2) is 4.79 Å². The largest absolute Gasteiger partial charge is 0.507 e. The third-order valence-electron chi connectivity index (χ3n) is 9.43. The van der Waals surface area contributed by atoms with Crippen molar-refractivity contribution in [3.8, 4) is 16.9 Å². The molecule has 3 unspecified atom stereocenters. The van der Waals surface area contributed by atoms with Gasteiger partial charge in [0.2, 0.25) is 0 Å². The molecule has 4 heteroatoms. The predicted molar refractivity (Wildman–Crippen MR) is 139 cm³/mol. The Hall–Kier alpha value is -3.01. The standard InChI is InChI=1S/C31H33NO3/c1-2-35-30(34)20-7-10-24-26(15-20)31(18-19-6-8-21(31)14-19)27-17-28(33)25-16-22(9-11-23(25)29(24)27)32-12-4-3-5-13-32/h7,9-11,15-17,19,21,33H,2-6,8,12-14,18H2,1H3. The third-order valence-corrected chi connectivity index (χ3v) is 9.43. The molecule has 1 N–H and O–H groups in total. The molecule has 0 radical (unpaired) electrons. The van der Waals surface area contributed by atoms with Crippen LogP contribution in [0.1, 0.15) is 73.4 Å². The van der Waals surface area contributed by atoms with Crippen molar-refractivity contribution in [3.63, 3.8) is 0 Å². The first kappa shape index (κ1) is 21.3. The maximum atomic E-state index is 12.7. The van der Waals surface area contributed by atoms with Gasteiger partial charge in [0.1, 0.15) is 5.75 Å². The van der Waals surface area contributed by atoms with Crippen LogP contribution in [0, 0.1) is 11.8 Å². The fourth-order valence-electron chi connectivity index (χ4n) is 7.99. The molecule has 0 amide bonds. The van der Waals surface area contributed by atoms with Crippen LogP contribution in [0.4, 0.5) is 5.69 Å². The second-order valence-corrected chi connectivity index (χ2v) is 11.1. The lowest BCUT2D eigenvalue weighted by atomic mass is 9.66. The van der Waals surface area contributed by atoms with Crippen LogP contribution in [-0.4, -0.2) is 30.8 Å². The number of nitrogens with zero attached hydrogens (tertiary/aromatic N) is 1. The van der Waals surface area contributed by atoms with Gasteiger partial charge < -0.3 is 14.7 Å². The van der Waals surface area contributed by atoms with Gasteiger partial charge >= 0.3 is 5.97 Å². The number of benzene rings is 3. The van der Waals surface area contributed by atoms with E-state index in [1.54, 1.807) is 0 Å². The van der Waals surface area contributed by atoms with Crippen LogP contribution in [0.5, 0.6) is 5.75 Å². The van der Waals surface area contributed by atoms with Crippen molar-refractivity contribution in [1.29, 1.82) is 0 Å². The van der Waals surface area contributed by atoms with Crippen molar-refractivity contribution in [2.75, 3.05) is 24.6 Å². The van der Waals surface area contributed by atoms with E-state index < -0.39 is 0 Å². The lowest BCUT2D eigenvalue weighted by Gasteiger charge is -2.36. The number of carbonyl (C=O) groups excluding carboxylic acids is 1. The van der Waals surface area contributed by atoms with Crippen LogP contribution in [0.15, 0.2) is 42.5 Å². The van der Waals surface area contributed by atoms with E-state index in [2.05, 4.69) is 41.3 Å². The van der Waals surface area contributed by atoms with E-state index in [9.17, 15) is 9.90 Å². The van der Waals surface area contributed by atoms with Crippen LogP contribution in [0.3, 0.4) is 0 Å². The first-order valence-electron chi connectivity index (χ1n) is 13.5. The van der Waals surface area contributed by atoms with E-state index in [1.165, 1.54) is 66.5 Å². The Bertz CT molecular complexity index is 1360. The topological polar surface area (TPSA) is 49.8 Å². The Morgan fingerprint density at radius 2 is 1.89 bits per heavy atom. The molecule has 3 aromatic rings. The summed E-state index contributed by atoms with van der Waals surface area (Å²) in [5.74, 6) is 1.43. The highest BCUT2D eigenvalue weighted by atomic mass is 16.5. The molecule has 35 heavy (non-hydrogen) atoms. The Labute approximate surface area is 206 Å². The van der Waals surface area contributed by atoms with Gasteiger partial charge in [0.25, 0.3) is 0 Å². The highest BCUT2D eigenvalue weighted by Crippen LogP contribution is 2.67. The molecule has 3 atom stereocenters. The van der Waals surface area contributed by atoms with Crippen LogP contribution < -0.4 is 4.90 Å². The molecule has 180 valence electrons. The van der Waals surface area contributed by atoms with Crippen molar-refractivity contribution < 1.29 is 14.6 Å². The zero-order chi connectivity index (χ0) is 23.7. The normalized spacial score (nSPS) is 26.4. The van der Waals surface area contributed by atoms with Crippen molar-refractivity contribution >= 4 is 22.4 Å². The van der Waals surface area contributed by atoms with E-state index in [1.807, 2.05) is 13.0 Å². The smallest absolute Gasteiger partial charge is 0.338 e. The van der Waals surface area contributed by atoms with Crippen LogP contribution >= 0.6 is 0 Å². The molecule has 1 spiro atoms. The maximum Gasteiger partial charge on any atom is 0.338 e. The maximum absolute atomic E-state index is 12.7. The molecule has 3 aliphatic carbocycles. The second kappa shape index (κ2) is 7.74. The Morgan fingerprint density at radius 1 is 1.03 bits per heavy atom. The first-order valence-corrected chi connectivity index (χ1v) is 13.5. The summed E-state index contributed by atoms with van der Waals surface area (Å²) >= 11 is 0. The monoisotopic (exact) mass is 467 g/mol. The number of ether oxygens (including phenoxy) is 1. The van der Waals surface area contributed by atoms with Crippen molar-refractivity contribution in [3.05, 3.63) is 59.2 Å². The first-order chi connectivity index (χ1) is 17.1. The summed E-state index contributed by atoms with van der Waals surface area (Å²) in [4.78, 5) is 15.1. The second-order valence-electron chi connectivity index (χ2n) is 11.1. The lowest BCUT2D eigenvalue weighted by molar-refractivity contribution is 0.0526. The molecule has 2 saturated carbocycles. The Morgan fingerprint density at radius 3 is 2.63 bits per heavy atom. The summed E-state index contributed by atoms with van der Waals surface area (Å²) in [6.45, 7) is 4.40. The molecular formula is C31H33NO3. The fourth-order valence-corrected chi connectivity index (χ4v) is 7.99. The molecule has 4 aliphatic rings. The van der Waals surface area contributed by atoms with Gasteiger partial charge in [-0.05, 0) is 115 Å². The Kier molecular flexibility index (Phi) is 4.71. The number of hydrogen-bond acceptors (Lipinski definition) is 4. The fraction of sp³-hybridized carbons (Fsp3) is 0.452. The number of esters is 1. The zero-order valence-electron chi connectivity index (χ0n) is 20.5. The van der Waals surface area contributed by atoms with E-state index in [0.717, 1.165) is 36.2 Å². The van der Waals surface area contributed by atoms with E-state index in [0.29, 0.717) is 23.8 Å². The van der Waals surface area contributed by atoms with Crippen LogP contribution in [-0.2, 0) is 10.2 Å². The Balaban J connectivity index is 1.45. The number of fused-ring (bicyclic) bond motifs is 10. The van der Waals surface area contributed by atoms with Crippen LogP contribution in [0.2, 0.25) is 0 Å². The molecule has 3 fully saturated rings. The summed E-state index contributed by atoms with van der Waals surface area (Å²) in [6, 6.07) is 14.9. The van der Waals surface area contributed by atoms with Gasteiger partial charge in [0.15, 0.2) is 0 Å². The van der Waals surface area contributed by atoms with E-state index in [-0.39, 0.29) is 11.4 Å². The molecule has 2 bridgehead atoms. The molecule has 1 heterocycles. The number of hydrogen-bond donors (Lipinski definition) is 1. The van der Waals surface area contributed by atoms with Gasteiger partial charge in [-0.3, -0.25) is 0 Å². The van der Waals surface area contributed by atoms with Gasteiger partial charge in [0, 0.05) is 29.6 Å². The summed E-state index contributed by atoms with van der Waals surface area (Å²) in [5.41, 5.74) is 6.79. The highest BCUT2D eigenvalue weighted by molar-refractivity contribution is 6.07. The number of carbonyl (C=O) groups is 1. The van der Waals surface area contributed by atoms with Crippen LogP contribution in [0.25, 0.3) is 21.9 Å². The van der Waals surface area contributed by atoms with Gasteiger partial charge in [0.05, 0.1) is 12.2 Å². The number of phenolic OH excluding ortho intramolecular Hbond substituents is 1. The molecule has 3 aromatic carbocycles. The van der Waals surface area contributed by atoms with E-state index in [4.69, 9.17) is 4.74 Å². The molecule has 7 rings (SSSR count). The molecular weight excluding hydrogens is 434 g/mol. The zero-order valence-corrected chi connectivity index (χ0v) is 20.5. The SMILES string of the molecule is CCOC(=O)c1ccc2c(c1)C1(CC3CCC1C3)c1cc(O)c3cc(N4CCCCC4)ccc3c1-2. The number of rotatable bonds is 3. The average molecular weight is 468 g/mol. The molecule has 1 saturated heterocycles. The third kappa shape index (κ3) is 2.95. The highest BCUT2D eigenvalue weighted by Gasteiger charge is 2.57. The lowest BCUT2D eigenvalue weighted by Crippen LogP contribution is -2.32. The van der Waals surface area contributed by atoms with Gasteiger partial charge in [-0.1, -0.05) is 18.6 Å². The number of piperidine rings is 1. The molecule has 0 aromatic heterocycles.